The summed E-state index contributed by atoms with van der Waals surface area (Å²) in [5, 5.41) is 0. The highest BCUT2D eigenvalue weighted by Gasteiger charge is 2.73. The molecule has 0 saturated carbocycles. The van der Waals surface area contributed by atoms with Crippen LogP contribution in [0.25, 0.3) is 0 Å². The Morgan fingerprint density at radius 1 is 1.06 bits per heavy atom. The van der Waals surface area contributed by atoms with Gasteiger partial charge in [0.1, 0.15) is 0 Å². The Balaban J connectivity index is 5.06. The van der Waals surface area contributed by atoms with Gasteiger partial charge < -0.3 is 0 Å². The van der Waals surface area contributed by atoms with Gasteiger partial charge in [0.2, 0.25) is 0 Å². The van der Waals surface area contributed by atoms with Crippen LogP contribution in [0.3, 0.4) is 0 Å². The van der Waals surface area contributed by atoms with Crippen molar-refractivity contribution < 1.29 is 30.7 Å². The minimum absolute atomic E-state index is 0.0359. The van der Waals surface area contributed by atoms with Crippen LogP contribution in [-0.2, 0) is 0 Å². The predicted octanol–water partition coefficient (Wildman–Crippen LogP) is 4.52. The minimum atomic E-state index is -6.27. The molecule has 0 rings (SSSR count). The first-order valence-electron chi connectivity index (χ1n) is 4.55. The van der Waals surface area contributed by atoms with Crippen LogP contribution in [-0.4, -0.2) is 29.5 Å². The third-order valence-corrected chi connectivity index (χ3v) is 2.77. The third-order valence-electron chi connectivity index (χ3n) is 1.96. The van der Waals surface area contributed by atoms with Gasteiger partial charge in [0.25, 0.3) is 0 Å². The summed E-state index contributed by atoms with van der Waals surface area (Å²) in [7, 11) is 0. The van der Waals surface area contributed by atoms with Crippen LogP contribution in [0.4, 0.5) is 30.7 Å². The number of halogens is 7. The molecule has 102 valence electrons. The molecule has 0 saturated heterocycles. The van der Waals surface area contributed by atoms with E-state index in [1.165, 1.54) is 0 Å². The van der Waals surface area contributed by atoms with Gasteiger partial charge in [-0.15, -0.1) is 0 Å². The Kier molecular flexibility index (Phi) is 5.37. The SMILES string of the molecule is CCSC/C=C(\C)C(F)(F)C(F)(F)C(F)(F)F. The smallest absolute Gasteiger partial charge is 0.194 e. The molecule has 0 amide bonds. The number of thioether (sulfide) groups is 1. The average Bonchev–Trinajstić information content (AvgIpc) is 2.15. The molecule has 0 aliphatic carbocycles. The van der Waals surface area contributed by atoms with Gasteiger partial charge in [0, 0.05) is 5.75 Å². The lowest BCUT2D eigenvalue weighted by Crippen LogP contribution is -2.52. The van der Waals surface area contributed by atoms with Gasteiger partial charge >= 0.3 is 18.0 Å². The van der Waals surface area contributed by atoms with Gasteiger partial charge in [-0.3, -0.25) is 0 Å². The molecule has 0 aromatic heterocycles. The standard InChI is InChI=1S/C9H11F7S/c1-3-17-5-4-6(2)7(10,11)8(12,13)9(14,15)16/h4H,3,5H2,1-2H3/b6-4+. The summed E-state index contributed by atoms with van der Waals surface area (Å²) in [5.41, 5.74) is -1.28. The number of alkyl halides is 7. The Morgan fingerprint density at radius 2 is 1.53 bits per heavy atom. The zero-order valence-electron chi connectivity index (χ0n) is 9.05. The summed E-state index contributed by atoms with van der Waals surface area (Å²) in [6.07, 6.45) is -5.59. The summed E-state index contributed by atoms with van der Waals surface area (Å²) < 4.78 is 86.5. The summed E-state index contributed by atoms with van der Waals surface area (Å²) in [4.78, 5) is 0. The van der Waals surface area contributed by atoms with E-state index in [9.17, 15) is 30.7 Å². The van der Waals surface area contributed by atoms with Crippen molar-refractivity contribution in [1.29, 1.82) is 0 Å². The zero-order valence-corrected chi connectivity index (χ0v) is 9.86. The Bertz CT molecular complexity index is 280. The van der Waals surface area contributed by atoms with E-state index in [0.717, 1.165) is 11.8 Å². The summed E-state index contributed by atoms with van der Waals surface area (Å²) in [6, 6.07) is 0. The third kappa shape index (κ3) is 3.53. The van der Waals surface area contributed by atoms with Crippen molar-refractivity contribution in [3.05, 3.63) is 11.6 Å². The molecule has 0 heterocycles. The van der Waals surface area contributed by atoms with Crippen molar-refractivity contribution in [2.24, 2.45) is 0 Å². The van der Waals surface area contributed by atoms with Crippen LogP contribution in [0.2, 0.25) is 0 Å². The van der Waals surface area contributed by atoms with Gasteiger partial charge in [0.15, 0.2) is 0 Å². The largest absolute Gasteiger partial charge is 0.460 e. The van der Waals surface area contributed by atoms with E-state index in [0.29, 0.717) is 18.8 Å². The normalized spacial score (nSPS) is 15.2. The second-order valence-electron chi connectivity index (χ2n) is 3.19. The fraction of sp³-hybridized carbons (Fsp3) is 0.778. The van der Waals surface area contributed by atoms with Gasteiger partial charge in [0.05, 0.1) is 0 Å². The Morgan fingerprint density at radius 3 is 1.88 bits per heavy atom. The molecule has 0 atom stereocenters. The van der Waals surface area contributed by atoms with E-state index in [1.807, 2.05) is 0 Å². The topological polar surface area (TPSA) is 0 Å². The molecule has 17 heavy (non-hydrogen) atoms. The molecule has 0 bridgehead atoms. The first-order valence-corrected chi connectivity index (χ1v) is 5.71. The van der Waals surface area contributed by atoms with E-state index in [1.54, 1.807) is 6.92 Å². The quantitative estimate of drug-likeness (QED) is 0.406. The van der Waals surface area contributed by atoms with E-state index in [-0.39, 0.29) is 5.75 Å². The van der Waals surface area contributed by atoms with Gasteiger partial charge in [-0.1, -0.05) is 13.0 Å². The van der Waals surface area contributed by atoms with Gasteiger partial charge in [-0.2, -0.15) is 42.5 Å². The molecule has 8 heteroatoms. The predicted molar refractivity (Wildman–Crippen MR) is 52.7 cm³/mol. The molecule has 0 aliphatic rings. The molecule has 0 fully saturated rings. The highest BCUT2D eigenvalue weighted by molar-refractivity contribution is 7.99. The van der Waals surface area contributed by atoms with E-state index < -0.39 is 23.6 Å². The number of allylic oxidation sites excluding steroid dienone is 1. The molecule has 0 radical (unpaired) electrons. The highest BCUT2D eigenvalue weighted by Crippen LogP contribution is 2.49. The maximum Gasteiger partial charge on any atom is 0.460 e. The molecule has 0 aliphatic heterocycles. The lowest BCUT2D eigenvalue weighted by molar-refractivity contribution is -0.344. The summed E-state index contributed by atoms with van der Waals surface area (Å²) in [5.74, 6) is -10.8. The fourth-order valence-electron chi connectivity index (χ4n) is 0.856. The minimum Gasteiger partial charge on any atom is -0.194 e. The molecular formula is C9H11F7S. The second-order valence-corrected chi connectivity index (χ2v) is 4.51. The Labute approximate surface area is 98.3 Å². The van der Waals surface area contributed by atoms with Gasteiger partial charge in [-0.25, -0.2) is 0 Å². The molecular weight excluding hydrogens is 273 g/mol. The molecule has 0 aromatic carbocycles. The lowest BCUT2D eigenvalue weighted by atomic mass is 10.0. The number of rotatable bonds is 5. The molecule has 0 aromatic rings. The first kappa shape index (κ1) is 16.6. The van der Waals surface area contributed by atoms with Crippen LogP contribution in [0.15, 0.2) is 11.6 Å². The Hall–Kier alpha value is -0.400. The second kappa shape index (κ2) is 5.49. The average molecular weight is 284 g/mol. The van der Waals surface area contributed by atoms with Crippen molar-refractivity contribution in [2.75, 3.05) is 11.5 Å². The van der Waals surface area contributed by atoms with Crippen molar-refractivity contribution in [2.45, 2.75) is 31.9 Å². The van der Waals surface area contributed by atoms with Crippen LogP contribution < -0.4 is 0 Å². The molecule has 0 unspecified atom stereocenters. The van der Waals surface area contributed by atoms with Crippen LogP contribution in [0.1, 0.15) is 13.8 Å². The fourth-order valence-corrected chi connectivity index (χ4v) is 1.46. The van der Waals surface area contributed by atoms with E-state index in [2.05, 4.69) is 0 Å². The molecule has 0 N–H and O–H groups in total. The van der Waals surface area contributed by atoms with Gasteiger partial charge in [-0.05, 0) is 18.2 Å². The van der Waals surface area contributed by atoms with E-state index in [4.69, 9.17) is 0 Å². The van der Waals surface area contributed by atoms with Crippen molar-refractivity contribution in [1.82, 2.24) is 0 Å². The maximum absolute atomic E-state index is 13.0. The van der Waals surface area contributed by atoms with E-state index >= 15 is 0 Å². The zero-order chi connectivity index (χ0) is 13.9. The highest BCUT2D eigenvalue weighted by atomic mass is 32.2. The number of hydrogen-bond acceptors (Lipinski definition) is 1. The maximum atomic E-state index is 13.0. The van der Waals surface area contributed by atoms with Crippen LogP contribution in [0, 0.1) is 0 Å². The van der Waals surface area contributed by atoms with Crippen LogP contribution in [0.5, 0.6) is 0 Å². The lowest BCUT2D eigenvalue weighted by Gasteiger charge is -2.28. The van der Waals surface area contributed by atoms with Crippen molar-refractivity contribution >= 4 is 11.8 Å². The summed E-state index contributed by atoms with van der Waals surface area (Å²) >= 11 is 1.13. The summed E-state index contributed by atoms with van der Waals surface area (Å²) in [6.45, 7) is 2.27. The molecule has 0 nitrogen and oxygen atoms in total. The monoisotopic (exact) mass is 284 g/mol. The molecule has 0 spiro atoms. The van der Waals surface area contributed by atoms with Crippen molar-refractivity contribution in [3.63, 3.8) is 0 Å². The van der Waals surface area contributed by atoms with Crippen molar-refractivity contribution in [3.8, 4) is 0 Å². The van der Waals surface area contributed by atoms with Crippen LogP contribution >= 0.6 is 11.8 Å². The first-order chi connectivity index (χ1) is 7.48. The number of hydrogen-bond donors (Lipinski definition) is 0.